The molecule has 1 rings (SSSR count). The molecule has 5 heteroatoms. The molecule has 1 aromatic heterocycles. The Morgan fingerprint density at radius 1 is 1.86 bits per heavy atom. The third-order valence-electron chi connectivity index (χ3n) is 0.446. The van der Waals surface area contributed by atoms with Crippen molar-refractivity contribution in [2.24, 2.45) is 0 Å². The highest BCUT2D eigenvalue weighted by molar-refractivity contribution is 4.93. The van der Waals surface area contributed by atoms with Crippen LogP contribution >= 0.6 is 0 Å². The Bertz CT molecular complexity index is 145. The van der Waals surface area contributed by atoms with E-state index in [9.17, 15) is 9.59 Å². The van der Waals surface area contributed by atoms with Gasteiger partial charge in [0.1, 0.15) is 6.20 Å². The van der Waals surface area contributed by atoms with E-state index in [2.05, 4.69) is 10.3 Å². The lowest BCUT2D eigenvalue weighted by Crippen LogP contribution is -1.78. The molecule has 1 aromatic rings. The van der Waals surface area contributed by atoms with Crippen LogP contribution in [0.1, 0.15) is 0 Å². The molecule has 0 aromatic carbocycles. The Hall–Kier alpha value is -1.13. The van der Waals surface area contributed by atoms with E-state index in [1.165, 1.54) is 0 Å². The summed E-state index contributed by atoms with van der Waals surface area (Å²) in [6.45, 7) is 0. The maximum atomic E-state index is 11.5. The lowest BCUT2D eigenvalue weighted by Gasteiger charge is -1.66. The van der Waals surface area contributed by atoms with Crippen molar-refractivity contribution in [1.29, 1.82) is 0 Å². The summed E-state index contributed by atoms with van der Waals surface area (Å²) in [6.07, 6.45) is 0.639. The van der Waals surface area contributed by atoms with E-state index in [0.29, 0.717) is 6.20 Å². The molecule has 4 nitrogen and oxygen atoms in total. The van der Waals surface area contributed by atoms with Crippen molar-refractivity contribution in [1.82, 2.24) is 15.2 Å². The summed E-state index contributed by atoms with van der Waals surface area (Å²) >= 11 is 0. The van der Waals surface area contributed by atoms with Gasteiger partial charge in [-0.3, -0.25) is 5.11 Å². The average molecular weight is 102 g/mol. The quantitative estimate of drug-likeness (QED) is 0.468. The Labute approximate surface area is 38.1 Å². The predicted octanol–water partition coefficient (Wildman–Crippen LogP) is 0.154. The first kappa shape index (κ1) is 4.04. The van der Waals surface area contributed by atoms with E-state index in [-0.39, 0.29) is 4.90 Å². The monoisotopic (exact) mass is 102 g/mol. The van der Waals surface area contributed by atoms with Crippen LogP contribution in [0, 0.1) is 0 Å². The number of aromatic nitrogens is 3. The molecule has 0 fully saturated rings. The molecule has 0 bridgehead atoms. The first-order valence-electron chi connectivity index (χ1n) is 1.54. The van der Waals surface area contributed by atoms with E-state index < -0.39 is 5.88 Å². The molecule has 37 valence electrons. The fourth-order valence-corrected chi connectivity index (χ4v) is 0.230. The van der Waals surface area contributed by atoms with Crippen LogP contribution in [-0.4, -0.2) is 15.2 Å². The van der Waals surface area contributed by atoms with E-state index in [1.807, 2.05) is 0 Å². The van der Waals surface area contributed by atoms with Gasteiger partial charge in [0.15, 0.2) is 0 Å². The molecule has 0 saturated heterocycles. The van der Waals surface area contributed by atoms with Crippen molar-refractivity contribution in [3.8, 4) is 5.88 Å². The maximum Gasteiger partial charge on any atom is 0.310 e. The van der Waals surface area contributed by atoms with Gasteiger partial charge in [0.05, 0.1) is 0 Å². The lowest BCUT2D eigenvalue weighted by molar-refractivity contribution is 0.305. The Kier molecular flexibility index (Phi) is 0.680. The molecule has 7 heavy (non-hydrogen) atoms. The van der Waals surface area contributed by atoms with Crippen molar-refractivity contribution in [3.05, 3.63) is 6.20 Å². The number of nitrogens with zero attached hydrogens (tertiary/aromatic N) is 3. The highest BCUT2D eigenvalue weighted by atomic mass is 19.2. The van der Waals surface area contributed by atoms with Gasteiger partial charge in [0.2, 0.25) is 0 Å². The van der Waals surface area contributed by atoms with Gasteiger partial charge in [-0.05, 0) is 5.21 Å². The molecule has 0 N–H and O–H groups in total. The molecule has 0 aliphatic heterocycles. The number of rotatable bonds is 0. The standard InChI is InChI=1S/C2HFN3O/c3-6-1-2(7)4-5-6/h1H. The summed E-state index contributed by atoms with van der Waals surface area (Å²) in [5.74, 6) is -0.664. The second-order valence-corrected chi connectivity index (χ2v) is 0.945. The minimum Gasteiger partial charge on any atom is -0.264 e. The van der Waals surface area contributed by atoms with Crippen molar-refractivity contribution >= 4 is 0 Å². The maximum absolute atomic E-state index is 11.5. The number of halogens is 1. The molecule has 0 aliphatic rings. The average Bonchev–Trinajstić information content (AvgIpc) is 1.87. The summed E-state index contributed by atoms with van der Waals surface area (Å²) in [5.41, 5.74) is 0. The van der Waals surface area contributed by atoms with Crippen molar-refractivity contribution in [3.63, 3.8) is 0 Å². The highest BCUT2D eigenvalue weighted by Gasteiger charge is 1.93. The molecule has 0 spiro atoms. The van der Waals surface area contributed by atoms with E-state index in [1.54, 1.807) is 0 Å². The van der Waals surface area contributed by atoms with Gasteiger partial charge in [-0.1, -0.05) is 14.5 Å². The summed E-state index contributed by atoms with van der Waals surface area (Å²) in [5, 5.41) is 15.4. The summed E-state index contributed by atoms with van der Waals surface area (Å²) in [4.78, 5) is -0.137. The van der Waals surface area contributed by atoms with Crippen LogP contribution in [0.2, 0.25) is 0 Å². The zero-order valence-electron chi connectivity index (χ0n) is 3.21. The van der Waals surface area contributed by atoms with Gasteiger partial charge in [0.25, 0.3) is 0 Å². The fraction of sp³-hybridized carbons (Fsp3) is 0. The summed E-state index contributed by atoms with van der Waals surface area (Å²) in [6, 6.07) is 0. The van der Waals surface area contributed by atoms with Gasteiger partial charge >= 0.3 is 5.88 Å². The molecule has 0 saturated carbocycles. The highest BCUT2D eigenvalue weighted by Crippen LogP contribution is 1.97. The molecular formula is C2HFN3O. The third-order valence-corrected chi connectivity index (χ3v) is 0.446. The van der Waals surface area contributed by atoms with Crippen LogP contribution in [0.15, 0.2) is 6.20 Å². The van der Waals surface area contributed by atoms with E-state index in [4.69, 9.17) is 0 Å². The SMILES string of the molecule is [O]c1cn(F)nn1. The van der Waals surface area contributed by atoms with Crippen LogP contribution in [0.25, 0.3) is 0 Å². The predicted molar refractivity (Wildman–Crippen MR) is 16.7 cm³/mol. The number of hydrogen-bond acceptors (Lipinski definition) is 2. The van der Waals surface area contributed by atoms with Gasteiger partial charge in [-0.15, -0.1) is 0 Å². The first-order chi connectivity index (χ1) is 3.29. The Morgan fingerprint density at radius 2 is 2.57 bits per heavy atom. The smallest absolute Gasteiger partial charge is 0.264 e. The van der Waals surface area contributed by atoms with E-state index in [0.717, 1.165) is 0 Å². The number of hydrogen-bond donors (Lipinski definition) is 0. The summed E-state index contributed by atoms with van der Waals surface area (Å²) in [7, 11) is 0. The van der Waals surface area contributed by atoms with Gasteiger partial charge in [-0.25, -0.2) is 0 Å². The van der Waals surface area contributed by atoms with Gasteiger partial charge < -0.3 is 0 Å². The second kappa shape index (κ2) is 1.18. The van der Waals surface area contributed by atoms with Crippen LogP contribution in [0.5, 0.6) is 5.88 Å². The first-order valence-corrected chi connectivity index (χ1v) is 1.54. The van der Waals surface area contributed by atoms with Crippen molar-refractivity contribution < 1.29 is 9.59 Å². The zero-order chi connectivity index (χ0) is 5.28. The fourth-order valence-electron chi connectivity index (χ4n) is 0.230. The molecule has 1 radical (unpaired) electrons. The minimum atomic E-state index is -0.664. The molecule has 0 atom stereocenters. The van der Waals surface area contributed by atoms with Crippen LogP contribution in [0.3, 0.4) is 0 Å². The van der Waals surface area contributed by atoms with Crippen LogP contribution in [-0.2, 0) is 5.11 Å². The Morgan fingerprint density at radius 3 is 2.71 bits per heavy atom. The summed E-state index contributed by atoms with van der Waals surface area (Å²) < 4.78 is 11.5. The van der Waals surface area contributed by atoms with Gasteiger partial charge in [0, 0.05) is 0 Å². The third kappa shape index (κ3) is 0.648. The lowest BCUT2D eigenvalue weighted by atomic mass is 10.9. The molecule has 0 unspecified atom stereocenters. The van der Waals surface area contributed by atoms with Crippen molar-refractivity contribution in [2.45, 2.75) is 0 Å². The molecule has 0 amide bonds. The zero-order valence-corrected chi connectivity index (χ0v) is 3.21. The Balaban J connectivity index is 3.04. The molecular weight excluding hydrogens is 101 g/mol. The van der Waals surface area contributed by atoms with Gasteiger partial charge in [-0.2, -0.15) is 0 Å². The van der Waals surface area contributed by atoms with Crippen LogP contribution < -0.4 is 0 Å². The minimum absolute atomic E-state index is 0.137. The normalized spacial score (nSPS) is 9.29. The largest absolute Gasteiger partial charge is 0.310 e. The van der Waals surface area contributed by atoms with Crippen molar-refractivity contribution in [2.75, 3.05) is 0 Å². The topological polar surface area (TPSA) is 50.6 Å². The van der Waals surface area contributed by atoms with E-state index >= 15 is 0 Å². The molecule has 1 heterocycles. The van der Waals surface area contributed by atoms with Crippen LogP contribution in [0.4, 0.5) is 4.48 Å². The second-order valence-electron chi connectivity index (χ2n) is 0.945. The molecule has 0 aliphatic carbocycles.